The van der Waals surface area contributed by atoms with Crippen LogP contribution in [0.3, 0.4) is 0 Å². The van der Waals surface area contributed by atoms with Crippen LogP contribution in [0.4, 0.5) is 0 Å². The van der Waals surface area contributed by atoms with Gasteiger partial charge in [0.25, 0.3) is 0 Å². The Morgan fingerprint density at radius 3 is 2.24 bits per heavy atom. The zero-order valence-electron chi connectivity index (χ0n) is 12.4. The number of aliphatic carboxylic acids is 2. The van der Waals surface area contributed by atoms with Gasteiger partial charge in [0.1, 0.15) is 0 Å². The van der Waals surface area contributed by atoms with E-state index in [-0.39, 0.29) is 0 Å². The van der Waals surface area contributed by atoms with Crippen LogP contribution in [0.1, 0.15) is 23.1 Å². The fourth-order valence-corrected chi connectivity index (χ4v) is 3.03. The van der Waals surface area contributed by atoms with Gasteiger partial charge in [-0.2, -0.15) is 0 Å². The molecule has 0 radical (unpaired) electrons. The Labute approximate surface area is 124 Å². The molecule has 114 valence electrons. The molecule has 0 spiro atoms. The van der Waals surface area contributed by atoms with Crippen LogP contribution in [0.15, 0.2) is 18.2 Å². The van der Waals surface area contributed by atoms with Crippen LogP contribution < -0.4 is 0 Å². The molecule has 1 aromatic carbocycles. The van der Waals surface area contributed by atoms with E-state index < -0.39 is 23.8 Å². The molecule has 1 saturated heterocycles. The first-order valence-electron chi connectivity index (χ1n) is 7.13. The van der Waals surface area contributed by atoms with E-state index in [4.69, 9.17) is 5.11 Å². The summed E-state index contributed by atoms with van der Waals surface area (Å²) in [5, 5.41) is 18.4. The van der Waals surface area contributed by atoms with Crippen LogP contribution in [0.5, 0.6) is 0 Å². The summed E-state index contributed by atoms with van der Waals surface area (Å²) >= 11 is 0. The molecule has 1 heterocycles. The first-order chi connectivity index (χ1) is 9.90. The summed E-state index contributed by atoms with van der Waals surface area (Å²) in [6.07, 6.45) is 0.386. The smallest absolute Gasteiger partial charge is 0.308 e. The Balaban J connectivity index is 2.13. The average molecular weight is 291 g/mol. The Kier molecular flexibility index (Phi) is 4.63. The number of nitrogens with zero attached hydrogens (tertiary/aromatic N) is 1. The summed E-state index contributed by atoms with van der Waals surface area (Å²) in [7, 11) is 0. The number of carbonyl (C=O) groups is 2. The van der Waals surface area contributed by atoms with Crippen molar-refractivity contribution in [2.75, 3.05) is 13.1 Å². The van der Waals surface area contributed by atoms with Crippen LogP contribution in [0.2, 0.25) is 0 Å². The van der Waals surface area contributed by atoms with Gasteiger partial charge in [-0.25, -0.2) is 0 Å². The molecule has 1 aromatic rings. The molecular weight excluding hydrogens is 270 g/mol. The number of aryl methyl sites for hydroxylation is 2. The standard InChI is InChI=1S/C16H21NO4/c1-10-4-3-5-11(2)13(10)8-17-7-6-12(15(18)19)14(9-17)16(20)21/h3-5,12,14H,6-9H2,1-2H3,(H,18,19)(H,20,21). The largest absolute Gasteiger partial charge is 0.481 e. The molecule has 1 aliphatic rings. The number of rotatable bonds is 4. The Bertz CT molecular complexity index is 535. The fraction of sp³-hybridized carbons (Fsp3) is 0.500. The lowest BCUT2D eigenvalue weighted by atomic mass is 9.85. The van der Waals surface area contributed by atoms with Crippen molar-refractivity contribution >= 4 is 11.9 Å². The van der Waals surface area contributed by atoms with Crippen molar-refractivity contribution in [2.45, 2.75) is 26.8 Å². The molecule has 2 rings (SSSR count). The van der Waals surface area contributed by atoms with Crippen molar-refractivity contribution in [1.82, 2.24) is 4.90 Å². The second-order valence-electron chi connectivity index (χ2n) is 5.78. The molecular formula is C16H21NO4. The van der Waals surface area contributed by atoms with Gasteiger partial charge < -0.3 is 10.2 Å². The lowest BCUT2D eigenvalue weighted by Crippen LogP contribution is -2.46. The van der Waals surface area contributed by atoms with E-state index in [1.165, 1.54) is 16.7 Å². The molecule has 0 amide bonds. The lowest BCUT2D eigenvalue weighted by Gasteiger charge is -2.35. The summed E-state index contributed by atoms with van der Waals surface area (Å²) in [6, 6.07) is 6.09. The minimum Gasteiger partial charge on any atom is -0.481 e. The summed E-state index contributed by atoms with van der Waals surface area (Å²) < 4.78 is 0. The number of piperidine rings is 1. The van der Waals surface area contributed by atoms with E-state index in [9.17, 15) is 14.7 Å². The third kappa shape index (κ3) is 3.42. The van der Waals surface area contributed by atoms with Crippen LogP contribution >= 0.6 is 0 Å². The van der Waals surface area contributed by atoms with Gasteiger partial charge in [0.15, 0.2) is 0 Å². The second kappa shape index (κ2) is 6.26. The predicted octanol–water partition coefficient (Wildman–Crippen LogP) is 1.91. The zero-order chi connectivity index (χ0) is 15.6. The van der Waals surface area contributed by atoms with E-state index in [0.717, 1.165) is 0 Å². The van der Waals surface area contributed by atoms with Crippen molar-refractivity contribution in [3.8, 4) is 0 Å². The van der Waals surface area contributed by atoms with Crippen molar-refractivity contribution in [3.05, 3.63) is 34.9 Å². The number of carboxylic acids is 2. The predicted molar refractivity (Wildman–Crippen MR) is 78.1 cm³/mol. The quantitative estimate of drug-likeness (QED) is 0.886. The molecule has 0 saturated carbocycles. The van der Waals surface area contributed by atoms with Gasteiger partial charge in [-0.15, -0.1) is 0 Å². The summed E-state index contributed by atoms with van der Waals surface area (Å²) in [4.78, 5) is 24.5. The molecule has 0 aliphatic carbocycles. The normalized spacial score (nSPS) is 23.0. The lowest BCUT2D eigenvalue weighted by molar-refractivity contribution is -0.157. The van der Waals surface area contributed by atoms with E-state index in [1.54, 1.807) is 0 Å². The number of benzene rings is 1. The molecule has 0 bridgehead atoms. The third-order valence-corrected chi connectivity index (χ3v) is 4.36. The topological polar surface area (TPSA) is 77.8 Å². The van der Waals surface area contributed by atoms with E-state index in [2.05, 4.69) is 0 Å². The highest BCUT2D eigenvalue weighted by Crippen LogP contribution is 2.26. The summed E-state index contributed by atoms with van der Waals surface area (Å²) in [6.45, 7) is 5.67. The Morgan fingerprint density at radius 2 is 1.71 bits per heavy atom. The number of likely N-dealkylation sites (tertiary alicyclic amines) is 1. The SMILES string of the molecule is Cc1cccc(C)c1CN1CCC(C(=O)O)C(C(=O)O)C1. The Morgan fingerprint density at radius 1 is 1.14 bits per heavy atom. The fourth-order valence-electron chi connectivity index (χ4n) is 3.03. The van der Waals surface area contributed by atoms with Crippen molar-refractivity contribution in [3.63, 3.8) is 0 Å². The minimum atomic E-state index is -1.02. The first kappa shape index (κ1) is 15.5. The maximum Gasteiger partial charge on any atom is 0.308 e. The monoisotopic (exact) mass is 291 g/mol. The number of hydrogen-bond acceptors (Lipinski definition) is 3. The van der Waals surface area contributed by atoms with Crippen LogP contribution in [-0.4, -0.2) is 40.1 Å². The molecule has 2 N–H and O–H groups in total. The molecule has 21 heavy (non-hydrogen) atoms. The van der Waals surface area contributed by atoms with Crippen LogP contribution in [-0.2, 0) is 16.1 Å². The minimum absolute atomic E-state index is 0.292. The molecule has 5 nitrogen and oxygen atoms in total. The van der Waals surface area contributed by atoms with Gasteiger partial charge in [0, 0.05) is 13.1 Å². The Hall–Kier alpha value is -1.88. The average Bonchev–Trinajstić information content (AvgIpc) is 2.42. The van der Waals surface area contributed by atoms with Gasteiger partial charge in [-0.3, -0.25) is 14.5 Å². The summed E-state index contributed by atoms with van der Waals surface area (Å²) in [5.74, 6) is -3.64. The third-order valence-electron chi connectivity index (χ3n) is 4.36. The maximum atomic E-state index is 11.3. The first-order valence-corrected chi connectivity index (χ1v) is 7.13. The highest BCUT2D eigenvalue weighted by molar-refractivity contribution is 5.80. The van der Waals surface area contributed by atoms with Gasteiger partial charge in [-0.05, 0) is 43.5 Å². The highest BCUT2D eigenvalue weighted by Gasteiger charge is 2.38. The van der Waals surface area contributed by atoms with Gasteiger partial charge >= 0.3 is 11.9 Å². The van der Waals surface area contributed by atoms with Crippen molar-refractivity contribution in [2.24, 2.45) is 11.8 Å². The van der Waals surface area contributed by atoms with Gasteiger partial charge in [0.2, 0.25) is 0 Å². The van der Waals surface area contributed by atoms with E-state index in [1.807, 2.05) is 36.9 Å². The molecule has 2 unspecified atom stereocenters. The van der Waals surface area contributed by atoms with Gasteiger partial charge in [-0.1, -0.05) is 18.2 Å². The van der Waals surface area contributed by atoms with Crippen molar-refractivity contribution in [1.29, 1.82) is 0 Å². The molecule has 2 atom stereocenters. The molecule has 1 fully saturated rings. The molecule has 1 aliphatic heterocycles. The highest BCUT2D eigenvalue weighted by atomic mass is 16.4. The van der Waals surface area contributed by atoms with Crippen molar-refractivity contribution < 1.29 is 19.8 Å². The second-order valence-corrected chi connectivity index (χ2v) is 5.78. The van der Waals surface area contributed by atoms with E-state index >= 15 is 0 Å². The van der Waals surface area contributed by atoms with E-state index in [0.29, 0.717) is 26.1 Å². The molecule has 5 heteroatoms. The summed E-state index contributed by atoms with van der Waals surface area (Å²) in [5.41, 5.74) is 3.57. The van der Waals surface area contributed by atoms with Gasteiger partial charge in [0.05, 0.1) is 11.8 Å². The maximum absolute atomic E-state index is 11.3. The van der Waals surface area contributed by atoms with Crippen LogP contribution in [0, 0.1) is 25.7 Å². The van der Waals surface area contributed by atoms with Crippen LogP contribution in [0.25, 0.3) is 0 Å². The number of carboxylic acid groups (broad SMARTS) is 2. The number of hydrogen-bond donors (Lipinski definition) is 2. The molecule has 0 aromatic heterocycles. The zero-order valence-corrected chi connectivity index (χ0v) is 12.4.